The molecule has 2 heterocycles. The summed E-state index contributed by atoms with van der Waals surface area (Å²) >= 11 is 0. The maximum atomic E-state index is 12.5. The van der Waals surface area contributed by atoms with Gasteiger partial charge in [-0.15, -0.1) is 0 Å². The standard InChI is InChI=1S/C15H20N2O3/c16-8-13-3-4-14(20-13)15(19)17-6-5-10-1-2-12(18)7-11(10)9-17/h1-2,7,13-14,18H,3-6,8-9,16H2/t13-,14+/m1/s1. The van der Waals surface area contributed by atoms with Crippen molar-refractivity contribution >= 4 is 5.91 Å². The smallest absolute Gasteiger partial charge is 0.252 e. The number of fused-ring (bicyclic) bond motifs is 1. The molecular weight excluding hydrogens is 256 g/mol. The number of hydrogen-bond donors (Lipinski definition) is 2. The summed E-state index contributed by atoms with van der Waals surface area (Å²) in [6, 6.07) is 5.37. The lowest BCUT2D eigenvalue weighted by atomic mass is 9.99. The van der Waals surface area contributed by atoms with Crippen LogP contribution in [-0.2, 0) is 22.5 Å². The van der Waals surface area contributed by atoms with Gasteiger partial charge in [0.05, 0.1) is 6.10 Å². The van der Waals surface area contributed by atoms with Crippen LogP contribution in [0.25, 0.3) is 0 Å². The van der Waals surface area contributed by atoms with Crippen LogP contribution in [0.4, 0.5) is 0 Å². The second-order valence-corrected chi connectivity index (χ2v) is 5.52. The van der Waals surface area contributed by atoms with Gasteiger partial charge in [-0.3, -0.25) is 4.79 Å². The zero-order chi connectivity index (χ0) is 14.1. The van der Waals surface area contributed by atoms with Crippen molar-refractivity contribution in [3.63, 3.8) is 0 Å². The number of nitrogens with zero attached hydrogens (tertiary/aromatic N) is 1. The summed E-state index contributed by atoms with van der Waals surface area (Å²) in [5.74, 6) is 0.299. The number of rotatable bonds is 2. The summed E-state index contributed by atoms with van der Waals surface area (Å²) in [4.78, 5) is 14.3. The monoisotopic (exact) mass is 276 g/mol. The van der Waals surface area contributed by atoms with E-state index in [0.29, 0.717) is 19.6 Å². The van der Waals surface area contributed by atoms with Gasteiger partial charge in [0.1, 0.15) is 11.9 Å². The fourth-order valence-corrected chi connectivity index (χ4v) is 3.00. The third kappa shape index (κ3) is 2.51. The minimum Gasteiger partial charge on any atom is -0.508 e. The fourth-order valence-electron chi connectivity index (χ4n) is 3.00. The number of carbonyl (C=O) groups excluding carboxylic acids is 1. The Morgan fingerprint density at radius 3 is 3.00 bits per heavy atom. The second-order valence-electron chi connectivity index (χ2n) is 5.52. The van der Waals surface area contributed by atoms with E-state index < -0.39 is 0 Å². The van der Waals surface area contributed by atoms with E-state index in [0.717, 1.165) is 24.8 Å². The SMILES string of the molecule is NC[C@H]1CC[C@@H](C(=O)N2CCc3ccc(O)cc3C2)O1. The Morgan fingerprint density at radius 2 is 2.25 bits per heavy atom. The molecule has 0 spiro atoms. The summed E-state index contributed by atoms with van der Waals surface area (Å²) in [5, 5.41) is 9.55. The molecule has 20 heavy (non-hydrogen) atoms. The molecular formula is C15H20N2O3. The predicted octanol–water partition coefficient (Wildman–Crippen LogP) is 0.783. The molecule has 5 nitrogen and oxygen atoms in total. The highest BCUT2D eigenvalue weighted by Gasteiger charge is 2.34. The number of benzene rings is 1. The maximum Gasteiger partial charge on any atom is 0.252 e. The zero-order valence-corrected chi connectivity index (χ0v) is 11.4. The molecule has 1 fully saturated rings. The average molecular weight is 276 g/mol. The highest BCUT2D eigenvalue weighted by Crippen LogP contribution is 2.26. The summed E-state index contributed by atoms with van der Waals surface area (Å²) in [5.41, 5.74) is 7.81. The first-order valence-corrected chi connectivity index (χ1v) is 7.12. The summed E-state index contributed by atoms with van der Waals surface area (Å²) in [6.07, 6.45) is 2.11. The van der Waals surface area contributed by atoms with Crippen LogP contribution in [0.5, 0.6) is 5.75 Å². The number of phenols is 1. The number of ether oxygens (including phenoxy) is 1. The minimum absolute atomic E-state index is 0.0186. The van der Waals surface area contributed by atoms with E-state index in [9.17, 15) is 9.90 Å². The molecule has 1 aromatic carbocycles. The van der Waals surface area contributed by atoms with Gasteiger partial charge >= 0.3 is 0 Å². The van der Waals surface area contributed by atoms with E-state index in [4.69, 9.17) is 10.5 Å². The van der Waals surface area contributed by atoms with Crippen LogP contribution in [0.3, 0.4) is 0 Å². The Kier molecular flexibility index (Phi) is 3.63. The molecule has 3 N–H and O–H groups in total. The van der Waals surface area contributed by atoms with E-state index in [1.165, 1.54) is 5.56 Å². The molecule has 3 rings (SSSR count). The van der Waals surface area contributed by atoms with Gasteiger partial charge in [-0.25, -0.2) is 0 Å². The maximum absolute atomic E-state index is 12.5. The van der Waals surface area contributed by atoms with Crippen LogP contribution >= 0.6 is 0 Å². The zero-order valence-electron chi connectivity index (χ0n) is 11.4. The molecule has 1 amide bonds. The first-order valence-electron chi connectivity index (χ1n) is 7.12. The van der Waals surface area contributed by atoms with E-state index >= 15 is 0 Å². The first kappa shape index (κ1) is 13.4. The predicted molar refractivity (Wildman–Crippen MR) is 74.2 cm³/mol. The molecule has 0 aliphatic carbocycles. The molecule has 1 saturated heterocycles. The van der Waals surface area contributed by atoms with Crippen LogP contribution in [0, 0.1) is 0 Å². The number of nitrogens with two attached hydrogens (primary N) is 1. The highest BCUT2D eigenvalue weighted by atomic mass is 16.5. The summed E-state index contributed by atoms with van der Waals surface area (Å²) < 4.78 is 5.67. The average Bonchev–Trinajstić information content (AvgIpc) is 2.94. The number of phenolic OH excluding ortho intramolecular Hbond substituents is 1. The fraction of sp³-hybridized carbons (Fsp3) is 0.533. The Labute approximate surface area is 118 Å². The van der Waals surface area contributed by atoms with Crippen LogP contribution in [0.15, 0.2) is 18.2 Å². The molecule has 108 valence electrons. The Balaban J connectivity index is 1.69. The molecule has 0 radical (unpaired) electrons. The molecule has 2 aliphatic rings. The van der Waals surface area contributed by atoms with Gasteiger partial charge in [0.2, 0.25) is 0 Å². The van der Waals surface area contributed by atoms with Crippen molar-refractivity contribution < 1.29 is 14.6 Å². The highest BCUT2D eigenvalue weighted by molar-refractivity contribution is 5.81. The molecule has 0 bridgehead atoms. The van der Waals surface area contributed by atoms with Crippen LogP contribution in [-0.4, -0.2) is 41.2 Å². The van der Waals surface area contributed by atoms with Crippen molar-refractivity contribution in [1.29, 1.82) is 0 Å². The molecule has 2 aliphatic heterocycles. The van der Waals surface area contributed by atoms with E-state index in [1.54, 1.807) is 12.1 Å². The largest absolute Gasteiger partial charge is 0.508 e. The van der Waals surface area contributed by atoms with Crippen molar-refractivity contribution in [3.8, 4) is 5.75 Å². The first-order chi connectivity index (χ1) is 9.67. The summed E-state index contributed by atoms with van der Waals surface area (Å²) in [6.45, 7) is 1.74. The second kappa shape index (κ2) is 5.42. The third-order valence-electron chi connectivity index (χ3n) is 4.16. The summed E-state index contributed by atoms with van der Waals surface area (Å²) in [7, 11) is 0. The molecule has 5 heteroatoms. The number of aromatic hydroxyl groups is 1. The van der Waals surface area contributed by atoms with Crippen LogP contribution < -0.4 is 5.73 Å². The lowest BCUT2D eigenvalue weighted by Gasteiger charge is -2.30. The van der Waals surface area contributed by atoms with Crippen molar-refractivity contribution in [1.82, 2.24) is 4.90 Å². The quantitative estimate of drug-likeness (QED) is 0.837. The van der Waals surface area contributed by atoms with Gasteiger partial charge in [0.15, 0.2) is 0 Å². The van der Waals surface area contributed by atoms with Crippen LogP contribution in [0.1, 0.15) is 24.0 Å². The molecule has 1 aromatic rings. The van der Waals surface area contributed by atoms with Gasteiger partial charge in [-0.05, 0) is 42.5 Å². The lowest BCUT2D eigenvalue weighted by Crippen LogP contribution is -2.42. The van der Waals surface area contributed by atoms with Crippen molar-refractivity contribution in [2.45, 2.75) is 38.0 Å². The normalized spacial score (nSPS) is 25.6. The van der Waals surface area contributed by atoms with Gasteiger partial charge < -0.3 is 20.5 Å². The van der Waals surface area contributed by atoms with Gasteiger partial charge in [0, 0.05) is 19.6 Å². The topological polar surface area (TPSA) is 75.8 Å². The van der Waals surface area contributed by atoms with Crippen molar-refractivity contribution in [2.24, 2.45) is 5.73 Å². The molecule has 0 saturated carbocycles. The van der Waals surface area contributed by atoms with Gasteiger partial charge in [0.25, 0.3) is 5.91 Å². The third-order valence-corrected chi connectivity index (χ3v) is 4.16. The Bertz CT molecular complexity index is 518. The van der Waals surface area contributed by atoms with E-state index in [2.05, 4.69) is 0 Å². The number of carbonyl (C=O) groups is 1. The Hall–Kier alpha value is -1.59. The van der Waals surface area contributed by atoms with Gasteiger partial charge in [-0.1, -0.05) is 6.07 Å². The van der Waals surface area contributed by atoms with Crippen molar-refractivity contribution in [3.05, 3.63) is 29.3 Å². The molecule has 0 unspecified atom stereocenters. The Morgan fingerprint density at radius 1 is 1.40 bits per heavy atom. The number of amides is 1. The molecule has 0 aromatic heterocycles. The van der Waals surface area contributed by atoms with E-state index in [1.807, 2.05) is 11.0 Å². The van der Waals surface area contributed by atoms with Gasteiger partial charge in [-0.2, -0.15) is 0 Å². The number of hydrogen-bond acceptors (Lipinski definition) is 4. The van der Waals surface area contributed by atoms with E-state index in [-0.39, 0.29) is 23.9 Å². The molecule has 2 atom stereocenters. The lowest BCUT2D eigenvalue weighted by molar-refractivity contribution is -0.143. The van der Waals surface area contributed by atoms with Crippen LogP contribution in [0.2, 0.25) is 0 Å². The minimum atomic E-state index is -0.345. The van der Waals surface area contributed by atoms with Crippen molar-refractivity contribution in [2.75, 3.05) is 13.1 Å².